The summed E-state index contributed by atoms with van der Waals surface area (Å²) in [5, 5.41) is 11.9. The highest BCUT2D eigenvalue weighted by molar-refractivity contribution is 5.76. The number of aromatic nitrogens is 1. The van der Waals surface area contributed by atoms with Crippen LogP contribution in [0.2, 0.25) is 0 Å². The Morgan fingerprint density at radius 3 is 2.55 bits per heavy atom. The first-order chi connectivity index (χ1) is 9.05. The van der Waals surface area contributed by atoms with Crippen LogP contribution >= 0.6 is 0 Å². The van der Waals surface area contributed by atoms with E-state index in [0.29, 0.717) is 0 Å². The minimum atomic E-state index is -4.71. The van der Waals surface area contributed by atoms with Gasteiger partial charge < -0.3 is 15.0 Å². The lowest BCUT2D eigenvalue weighted by Crippen LogP contribution is -2.44. The number of aliphatic hydroxyl groups is 1. The zero-order valence-corrected chi connectivity index (χ0v) is 11.7. The summed E-state index contributed by atoms with van der Waals surface area (Å²) in [6, 6.07) is 1.15. The molecule has 1 atom stereocenters. The van der Waals surface area contributed by atoms with Crippen molar-refractivity contribution in [2.75, 3.05) is 0 Å². The predicted octanol–water partition coefficient (Wildman–Crippen LogP) is 2.39. The van der Waals surface area contributed by atoms with Gasteiger partial charge in [-0.2, -0.15) is 13.2 Å². The lowest BCUT2D eigenvalue weighted by Gasteiger charge is -2.24. The molecule has 0 aliphatic heterocycles. The van der Waals surface area contributed by atoms with E-state index in [0.717, 1.165) is 18.7 Å². The van der Waals surface area contributed by atoms with E-state index in [4.69, 9.17) is 5.11 Å². The topological polar surface area (TPSA) is 54.3 Å². The summed E-state index contributed by atoms with van der Waals surface area (Å²) >= 11 is 0. The van der Waals surface area contributed by atoms with Gasteiger partial charge in [0.15, 0.2) is 6.10 Å². The quantitative estimate of drug-likeness (QED) is 0.875. The Labute approximate surface area is 115 Å². The lowest BCUT2D eigenvalue weighted by atomic mass is 10.0. The van der Waals surface area contributed by atoms with Crippen LogP contribution in [0.25, 0.3) is 0 Å². The highest BCUT2D eigenvalue weighted by atomic mass is 19.4. The number of alkyl halides is 3. The number of hydrogen-bond acceptors (Lipinski definition) is 2. The van der Waals surface area contributed by atoms with Gasteiger partial charge in [0.1, 0.15) is 6.54 Å². The van der Waals surface area contributed by atoms with Crippen molar-refractivity contribution < 1.29 is 23.1 Å². The molecule has 2 N–H and O–H groups in total. The summed E-state index contributed by atoms with van der Waals surface area (Å²) in [6.07, 6.45) is -4.04. The molecule has 1 rings (SSSR count). The zero-order valence-electron chi connectivity index (χ0n) is 11.7. The van der Waals surface area contributed by atoms with Crippen LogP contribution in [0.1, 0.15) is 38.9 Å². The molecule has 114 valence electrons. The summed E-state index contributed by atoms with van der Waals surface area (Å²) in [5.41, 5.74) is -0.640. The fourth-order valence-electron chi connectivity index (χ4n) is 1.58. The zero-order chi connectivity index (χ0) is 15.6. The summed E-state index contributed by atoms with van der Waals surface area (Å²) in [7, 11) is 0. The van der Waals surface area contributed by atoms with E-state index in [9.17, 15) is 18.0 Å². The van der Waals surface area contributed by atoms with E-state index >= 15 is 0 Å². The molecular weight excluding hydrogens is 273 g/mol. The number of rotatable bonds is 5. The molecule has 1 amide bonds. The Hall–Kier alpha value is -1.50. The molecule has 0 spiro atoms. The molecule has 0 radical (unpaired) electrons. The van der Waals surface area contributed by atoms with Crippen LogP contribution in [0.4, 0.5) is 13.2 Å². The molecule has 7 heteroatoms. The maximum absolute atomic E-state index is 12.3. The average Bonchev–Trinajstić information content (AvgIpc) is 2.74. The standard InChI is InChI=1S/C13H19F3N2O2/c1-4-12(2,3)17-10(19)8-18-6-5-9(7-18)11(20)13(14,15)16/h5-7,11,20H,4,8H2,1-3H3,(H,17,19). The first kappa shape index (κ1) is 16.6. The highest BCUT2D eigenvalue weighted by Gasteiger charge is 2.39. The van der Waals surface area contributed by atoms with Gasteiger partial charge in [0.25, 0.3) is 0 Å². The maximum Gasteiger partial charge on any atom is 0.418 e. The monoisotopic (exact) mass is 292 g/mol. The summed E-state index contributed by atoms with van der Waals surface area (Å²) < 4.78 is 38.3. The van der Waals surface area contributed by atoms with Crippen molar-refractivity contribution in [1.29, 1.82) is 0 Å². The number of nitrogens with zero attached hydrogens (tertiary/aromatic N) is 1. The molecule has 1 aromatic rings. The number of halogens is 3. The van der Waals surface area contributed by atoms with Gasteiger partial charge in [-0.05, 0) is 26.3 Å². The smallest absolute Gasteiger partial charge is 0.379 e. The Morgan fingerprint density at radius 2 is 2.05 bits per heavy atom. The van der Waals surface area contributed by atoms with E-state index in [1.807, 2.05) is 20.8 Å². The molecule has 20 heavy (non-hydrogen) atoms. The number of hydrogen-bond donors (Lipinski definition) is 2. The Balaban J connectivity index is 2.67. The first-order valence-electron chi connectivity index (χ1n) is 6.26. The second-order valence-electron chi connectivity index (χ2n) is 5.35. The van der Waals surface area contributed by atoms with Crippen molar-refractivity contribution in [3.05, 3.63) is 24.0 Å². The fraction of sp³-hybridized carbons (Fsp3) is 0.615. The molecule has 1 heterocycles. The molecule has 1 unspecified atom stereocenters. The molecule has 0 fully saturated rings. The fourth-order valence-corrected chi connectivity index (χ4v) is 1.58. The van der Waals surface area contributed by atoms with Crippen LogP contribution in [-0.4, -0.2) is 27.3 Å². The number of carbonyl (C=O) groups is 1. The van der Waals surface area contributed by atoms with Crippen molar-refractivity contribution in [3.8, 4) is 0 Å². The predicted molar refractivity (Wildman–Crippen MR) is 68.0 cm³/mol. The second-order valence-corrected chi connectivity index (χ2v) is 5.35. The van der Waals surface area contributed by atoms with Crippen molar-refractivity contribution in [3.63, 3.8) is 0 Å². The van der Waals surface area contributed by atoms with Gasteiger partial charge in [0.2, 0.25) is 5.91 Å². The minimum absolute atomic E-state index is 0.0893. The summed E-state index contributed by atoms with van der Waals surface area (Å²) in [5.74, 6) is -0.291. The Morgan fingerprint density at radius 1 is 1.45 bits per heavy atom. The van der Waals surface area contributed by atoms with Crippen molar-refractivity contribution in [1.82, 2.24) is 9.88 Å². The highest BCUT2D eigenvalue weighted by Crippen LogP contribution is 2.32. The van der Waals surface area contributed by atoms with Gasteiger partial charge in [0, 0.05) is 23.5 Å². The maximum atomic E-state index is 12.3. The Kier molecular flexibility index (Phi) is 4.86. The van der Waals surface area contributed by atoms with Crippen molar-refractivity contribution in [2.45, 2.75) is 51.6 Å². The number of carbonyl (C=O) groups excluding carboxylic acids is 1. The molecule has 0 bridgehead atoms. The normalized spacial score (nSPS) is 14.2. The van der Waals surface area contributed by atoms with E-state index < -0.39 is 12.3 Å². The van der Waals surface area contributed by atoms with Crippen molar-refractivity contribution in [2.24, 2.45) is 0 Å². The van der Waals surface area contributed by atoms with E-state index in [1.165, 1.54) is 10.8 Å². The van der Waals surface area contributed by atoms with Crippen LogP contribution in [0.15, 0.2) is 18.5 Å². The van der Waals surface area contributed by atoms with Gasteiger partial charge in [-0.3, -0.25) is 4.79 Å². The Bertz CT molecular complexity index is 466. The second kappa shape index (κ2) is 5.87. The third-order valence-corrected chi connectivity index (χ3v) is 3.09. The summed E-state index contributed by atoms with van der Waals surface area (Å²) in [4.78, 5) is 11.7. The van der Waals surface area contributed by atoms with Gasteiger partial charge in [-0.25, -0.2) is 0 Å². The molecular formula is C13H19F3N2O2. The van der Waals surface area contributed by atoms with Gasteiger partial charge in [-0.1, -0.05) is 6.92 Å². The molecule has 0 aliphatic carbocycles. The van der Waals surface area contributed by atoms with E-state index in [2.05, 4.69) is 5.32 Å². The van der Waals surface area contributed by atoms with Gasteiger partial charge in [0.05, 0.1) is 0 Å². The van der Waals surface area contributed by atoms with Crippen LogP contribution in [0.3, 0.4) is 0 Å². The third kappa shape index (κ3) is 4.56. The molecule has 1 aromatic heterocycles. The van der Waals surface area contributed by atoms with Gasteiger partial charge in [-0.15, -0.1) is 0 Å². The first-order valence-corrected chi connectivity index (χ1v) is 6.26. The van der Waals surface area contributed by atoms with Crippen LogP contribution in [0, 0.1) is 0 Å². The third-order valence-electron chi connectivity index (χ3n) is 3.09. The number of amides is 1. The molecule has 4 nitrogen and oxygen atoms in total. The average molecular weight is 292 g/mol. The van der Waals surface area contributed by atoms with Crippen LogP contribution < -0.4 is 5.32 Å². The molecule has 0 aromatic carbocycles. The van der Waals surface area contributed by atoms with Crippen molar-refractivity contribution >= 4 is 5.91 Å². The molecule has 0 saturated carbocycles. The minimum Gasteiger partial charge on any atom is -0.379 e. The molecule has 0 aliphatic rings. The molecule has 0 saturated heterocycles. The lowest BCUT2D eigenvalue weighted by molar-refractivity contribution is -0.206. The van der Waals surface area contributed by atoms with E-state index in [1.54, 1.807) is 0 Å². The van der Waals surface area contributed by atoms with Gasteiger partial charge >= 0.3 is 6.18 Å². The number of nitrogens with one attached hydrogen (secondary N) is 1. The van der Waals surface area contributed by atoms with E-state index in [-0.39, 0.29) is 23.6 Å². The SMILES string of the molecule is CCC(C)(C)NC(=O)Cn1ccc(C(O)C(F)(F)F)c1. The summed E-state index contributed by atoms with van der Waals surface area (Å²) in [6.45, 7) is 5.56. The largest absolute Gasteiger partial charge is 0.418 e. The van der Waals surface area contributed by atoms with Crippen LogP contribution in [0.5, 0.6) is 0 Å². The number of aliphatic hydroxyl groups excluding tert-OH is 1. The van der Waals surface area contributed by atoms with Crippen LogP contribution in [-0.2, 0) is 11.3 Å².